The van der Waals surface area contributed by atoms with E-state index in [1.807, 2.05) is 0 Å². The number of rotatable bonds is 4. The Morgan fingerprint density at radius 3 is 2.59 bits per heavy atom. The van der Waals surface area contributed by atoms with Crippen LogP contribution >= 0.6 is 0 Å². The summed E-state index contributed by atoms with van der Waals surface area (Å²) in [4.78, 5) is 11.4. The number of carbonyl (C=O) groups is 1. The Balaban J connectivity index is 3.21. The molecule has 0 fully saturated rings. The van der Waals surface area contributed by atoms with Gasteiger partial charge < -0.3 is 13.4 Å². The van der Waals surface area contributed by atoms with Crippen molar-refractivity contribution in [2.45, 2.75) is 19.2 Å². The second kappa shape index (κ2) is 4.85. The minimum atomic E-state index is -3.99. The van der Waals surface area contributed by atoms with Gasteiger partial charge in [-0.15, -0.1) is 0 Å². The number of aromatic nitrogens is 2. The van der Waals surface area contributed by atoms with E-state index >= 15 is 0 Å². The summed E-state index contributed by atoms with van der Waals surface area (Å²) in [6.07, 6.45) is 3.12. The van der Waals surface area contributed by atoms with E-state index in [9.17, 15) is 13.4 Å². The molecule has 1 unspecified atom stereocenters. The first kappa shape index (κ1) is 13.7. The maximum Gasteiger partial charge on any atom is 0.431 e. The number of nitrogens with zero attached hydrogens (tertiary/aromatic N) is 2. The van der Waals surface area contributed by atoms with Crippen LogP contribution in [0.2, 0.25) is 5.82 Å². The molecule has 0 amide bonds. The molecule has 0 radical (unpaired) electrons. The summed E-state index contributed by atoms with van der Waals surface area (Å²) in [6, 6.07) is 0. The van der Waals surface area contributed by atoms with Crippen LogP contribution < -0.4 is 10.3 Å². The van der Waals surface area contributed by atoms with Crippen molar-refractivity contribution in [2.24, 2.45) is 14.1 Å². The second-order valence-corrected chi connectivity index (χ2v) is 4.14. The number of imidazole rings is 1. The third-order valence-corrected chi connectivity index (χ3v) is 3.03. The number of hydrogen-bond donors (Lipinski definition) is 0. The minimum absolute atomic E-state index is 0.0465. The normalized spacial score (nSPS) is 13.5. The van der Waals surface area contributed by atoms with E-state index in [1.165, 1.54) is 35.6 Å². The molecule has 17 heavy (non-hydrogen) atoms. The van der Waals surface area contributed by atoms with Gasteiger partial charge in [0, 0.05) is 5.82 Å². The van der Waals surface area contributed by atoms with Crippen LogP contribution in [-0.2, 0) is 23.6 Å². The lowest BCUT2D eigenvalue weighted by atomic mass is 9.51. The average molecular weight is 246 g/mol. The monoisotopic (exact) mass is 246 g/mol. The first-order valence-corrected chi connectivity index (χ1v) is 5.47. The van der Waals surface area contributed by atoms with E-state index in [1.54, 1.807) is 6.92 Å². The summed E-state index contributed by atoms with van der Waals surface area (Å²) >= 11 is 0. The maximum absolute atomic E-state index is 14.3. The standard InChI is InChI=1S/C10H17BF2N2O2/c1-5-8(9(16)17-4)11(12,13)10-14(2)6-7-15(10)3/h6-8H,5H2,1-4H3. The van der Waals surface area contributed by atoms with Crippen molar-refractivity contribution in [3.8, 4) is 0 Å². The van der Waals surface area contributed by atoms with Crippen molar-refractivity contribution in [2.75, 3.05) is 7.11 Å². The Morgan fingerprint density at radius 1 is 1.65 bits per heavy atom. The molecule has 0 N–H and O–H groups in total. The van der Waals surface area contributed by atoms with Gasteiger partial charge in [0.2, 0.25) is 0 Å². The molecule has 1 heterocycles. The van der Waals surface area contributed by atoms with Gasteiger partial charge in [-0.1, -0.05) is 13.3 Å². The van der Waals surface area contributed by atoms with Crippen LogP contribution in [0.5, 0.6) is 0 Å². The van der Waals surface area contributed by atoms with Gasteiger partial charge in [-0.2, -0.15) is 0 Å². The Labute approximate surface area is 99.2 Å². The fourth-order valence-electron chi connectivity index (χ4n) is 2.11. The molecule has 1 rings (SSSR count). The summed E-state index contributed by atoms with van der Waals surface area (Å²) in [7, 11) is 4.20. The highest BCUT2D eigenvalue weighted by atomic mass is 19.2. The molecule has 0 saturated carbocycles. The van der Waals surface area contributed by atoms with Gasteiger partial charge in [0.15, 0.2) is 5.72 Å². The van der Waals surface area contributed by atoms with Gasteiger partial charge in [-0.05, 0) is 0 Å². The lowest BCUT2D eigenvalue weighted by Crippen LogP contribution is -2.63. The Kier molecular flexibility index (Phi) is 3.90. The van der Waals surface area contributed by atoms with Gasteiger partial charge in [0.1, 0.15) is 12.4 Å². The molecule has 0 saturated heterocycles. The van der Waals surface area contributed by atoms with Crippen LogP contribution in [0.1, 0.15) is 13.3 Å². The molecule has 7 heteroatoms. The number of ether oxygens (including phenoxy) is 1. The lowest BCUT2D eigenvalue weighted by molar-refractivity contribution is -0.654. The lowest BCUT2D eigenvalue weighted by Gasteiger charge is -2.28. The van der Waals surface area contributed by atoms with Crippen LogP contribution in [0.25, 0.3) is 0 Å². The zero-order valence-corrected chi connectivity index (χ0v) is 10.5. The first-order valence-electron chi connectivity index (χ1n) is 5.47. The number of halogens is 2. The van der Waals surface area contributed by atoms with Crippen molar-refractivity contribution in [3.05, 3.63) is 12.4 Å². The minimum Gasteiger partial charge on any atom is -0.471 e. The second-order valence-electron chi connectivity index (χ2n) is 4.14. The number of carbonyl (C=O) groups excluding carboxylic acids is 1. The summed E-state index contributed by atoms with van der Waals surface area (Å²) in [6.45, 7) is -2.43. The van der Waals surface area contributed by atoms with E-state index in [0.717, 1.165) is 7.11 Å². The summed E-state index contributed by atoms with van der Waals surface area (Å²) in [5, 5.41) is 0. The molecule has 0 aromatic carbocycles. The number of methoxy groups -OCH3 is 1. The van der Waals surface area contributed by atoms with E-state index in [2.05, 4.69) is 4.74 Å². The summed E-state index contributed by atoms with van der Waals surface area (Å²) in [5.74, 6) is -2.27. The van der Waals surface area contributed by atoms with Crippen LogP contribution in [0.4, 0.5) is 8.63 Å². The molecule has 0 spiro atoms. The summed E-state index contributed by atoms with van der Waals surface area (Å²) in [5.41, 5.74) is -0.151. The van der Waals surface area contributed by atoms with Crippen LogP contribution in [0, 0.1) is 0 Å². The maximum atomic E-state index is 14.3. The van der Waals surface area contributed by atoms with Gasteiger partial charge >= 0.3 is 6.70 Å². The predicted octanol–water partition coefficient (Wildman–Crippen LogP) is 0.391. The van der Waals surface area contributed by atoms with Gasteiger partial charge in [0.25, 0.3) is 5.97 Å². The Bertz CT molecular complexity index is 401. The number of aryl methyl sites for hydroxylation is 2. The van der Waals surface area contributed by atoms with E-state index in [-0.39, 0.29) is 12.1 Å². The highest BCUT2D eigenvalue weighted by molar-refractivity contribution is 6.82. The molecule has 1 aromatic heterocycles. The molecular formula is C10H17BF2N2O2. The predicted molar refractivity (Wildman–Crippen MR) is 60.3 cm³/mol. The molecule has 0 aliphatic carbocycles. The molecular weight excluding hydrogens is 229 g/mol. The van der Waals surface area contributed by atoms with Crippen LogP contribution in [-0.4, -0.2) is 24.3 Å². The first-order chi connectivity index (χ1) is 7.86. The Morgan fingerprint density at radius 2 is 2.24 bits per heavy atom. The van der Waals surface area contributed by atoms with Gasteiger partial charge in [0.05, 0.1) is 21.2 Å². The SMILES string of the molecule is CCC(C(=O)OC)[B-](F)(F)c1n(C)cc[n+]1C. The highest BCUT2D eigenvalue weighted by Crippen LogP contribution is 2.28. The smallest absolute Gasteiger partial charge is 0.431 e. The van der Waals surface area contributed by atoms with Gasteiger partial charge in [-0.25, -0.2) is 0 Å². The summed E-state index contributed by atoms with van der Waals surface area (Å²) < 4.78 is 35.8. The zero-order chi connectivity index (χ0) is 13.2. The van der Waals surface area contributed by atoms with Crippen molar-refractivity contribution >= 4 is 18.4 Å². The number of esters is 1. The topological polar surface area (TPSA) is 35.1 Å². The third-order valence-electron chi connectivity index (χ3n) is 3.03. The average Bonchev–Trinajstić information content (AvgIpc) is 2.59. The fourth-order valence-corrected chi connectivity index (χ4v) is 2.11. The molecule has 0 bridgehead atoms. The number of hydrogen-bond acceptors (Lipinski definition) is 2. The molecule has 0 aliphatic rings. The molecule has 96 valence electrons. The van der Waals surface area contributed by atoms with E-state index in [0.29, 0.717) is 0 Å². The fraction of sp³-hybridized carbons (Fsp3) is 0.600. The molecule has 1 aromatic rings. The molecule has 4 nitrogen and oxygen atoms in total. The van der Waals surface area contributed by atoms with E-state index < -0.39 is 18.5 Å². The van der Waals surface area contributed by atoms with Crippen molar-refractivity contribution in [1.82, 2.24) is 4.57 Å². The zero-order valence-electron chi connectivity index (χ0n) is 10.5. The quantitative estimate of drug-likeness (QED) is 0.437. The highest BCUT2D eigenvalue weighted by Gasteiger charge is 2.47. The largest absolute Gasteiger partial charge is 0.471 e. The molecule has 1 atom stereocenters. The van der Waals surface area contributed by atoms with Crippen LogP contribution in [0.3, 0.4) is 0 Å². The van der Waals surface area contributed by atoms with Crippen molar-refractivity contribution in [1.29, 1.82) is 0 Å². The van der Waals surface area contributed by atoms with Crippen molar-refractivity contribution in [3.63, 3.8) is 0 Å². The van der Waals surface area contributed by atoms with E-state index in [4.69, 9.17) is 0 Å². The van der Waals surface area contributed by atoms with Gasteiger partial charge in [-0.3, -0.25) is 13.9 Å². The molecule has 0 aliphatic heterocycles. The Hall–Kier alpha value is -1.40. The van der Waals surface area contributed by atoms with Crippen molar-refractivity contribution < 1.29 is 22.7 Å². The third kappa shape index (κ3) is 2.32. The van der Waals surface area contributed by atoms with Crippen LogP contribution in [0.15, 0.2) is 12.4 Å².